The normalized spacial score (nSPS) is 15.9. The van der Waals surface area contributed by atoms with Gasteiger partial charge in [-0.2, -0.15) is 0 Å². The van der Waals surface area contributed by atoms with Crippen molar-refractivity contribution in [2.75, 3.05) is 20.5 Å². The average Bonchev–Trinajstić information content (AvgIpc) is 3.00. The van der Waals surface area contributed by atoms with Crippen LogP contribution in [0.15, 0.2) is 42.5 Å². The van der Waals surface area contributed by atoms with Gasteiger partial charge in [0.1, 0.15) is 12.9 Å². The molecule has 0 aliphatic rings. The highest BCUT2D eigenvalue weighted by Crippen LogP contribution is 2.42. The van der Waals surface area contributed by atoms with E-state index >= 15 is 0 Å². The van der Waals surface area contributed by atoms with Gasteiger partial charge in [0.2, 0.25) is 0 Å². The minimum atomic E-state index is -2.16. The highest BCUT2D eigenvalue weighted by molar-refractivity contribution is 6.74. The molecule has 4 atom stereocenters. The number of aliphatic hydroxyl groups is 1. The molecule has 1 rings (SSSR count). The van der Waals surface area contributed by atoms with Gasteiger partial charge in [0.05, 0.1) is 24.9 Å². The van der Waals surface area contributed by atoms with E-state index in [2.05, 4.69) is 105 Å². The molecule has 0 spiro atoms. The van der Waals surface area contributed by atoms with Gasteiger partial charge in [-0.3, -0.25) is 0 Å². The van der Waals surface area contributed by atoms with Crippen molar-refractivity contribution in [3.8, 4) is 0 Å². The molecule has 0 amide bonds. The number of hydrogen-bond acceptors (Lipinski definition) is 6. The molecule has 0 aliphatic heterocycles. The van der Waals surface area contributed by atoms with Gasteiger partial charge in [-0.25, -0.2) is 0 Å². The number of benzene rings is 1. The zero-order valence-corrected chi connectivity index (χ0v) is 35.2. The summed E-state index contributed by atoms with van der Waals surface area (Å²) in [6.45, 7) is 26.7. The lowest BCUT2D eigenvalue weighted by atomic mass is 9.99. The Kier molecular flexibility index (Phi) is 21.5. The van der Waals surface area contributed by atoms with Crippen molar-refractivity contribution in [3.05, 3.63) is 48.0 Å². The van der Waals surface area contributed by atoms with Crippen LogP contribution < -0.4 is 0 Å². The highest BCUT2D eigenvalue weighted by Gasteiger charge is 2.44. The second-order valence-corrected chi connectivity index (χ2v) is 26.2. The standard InChI is InChI=1S/C40H76O6Si2/c1-13-14-15-16-17-18-19-23-27-36(44-33-42-8)35(41)29-30-38(46-48(11,12)40(5,6)7)37(45-47(9,10)39(2,3)4)28-24-31-43-32-34-25-21-20-22-26-34/h20-23,25-27,35-38,41H,13-19,24,28-33H2,1-12H3/b27-23+/t35-,36-,37+,38+/m0/s1. The van der Waals surface area contributed by atoms with Gasteiger partial charge in [-0.05, 0) is 80.4 Å². The molecule has 0 radical (unpaired) electrons. The van der Waals surface area contributed by atoms with Crippen molar-refractivity contribution in [1.29, 1.82) is 0 Å². The van der Waals surface area contributed by atoms with Crippen LogP contribution in [0.1, 0.15) is 125 Å². The van der Waals surface area contributed by atoms with Gasteiger partial charge in [0.15, 0.2) is 16.6 Å². The van der Waals surface area contributed by atoms with Crippen LogP contribution in [0.3, 0.4) is 0 Å². The topological polar surface area (TPSA) is 66.4 Å². The molecule has 0 saturated carbocycles. The van der Waals surface area contributed by atoms with E-state index in [1.165, 1.54) is 37.7 Å². The quantitative estimate of drug-likeness (QED) is 0.0447. The van der Waals surface area contributed by atoms with Crippen molar-refractivity contribution in [2.45, 2.75) is 186 Å². The largest absolute Gasteiger partial charge is 0.411 e. The Morgan fingerprint density at radius 3 is 1.88 bits per heavy atom. The van der Waals surface area contributed by atoms with Crippen LogP contribution in [0.2, 0.25) is 36.3 Å². The zero-order chi connectivity index (χ0) is 36.3. The molecule has 0 unspecified atom stereocenters. The van der Waals surface area contributed by atoms with E-state index in [9.17, 15) is 5.11 Å². The van der Waals surface area contributed by atoms with E-state index in [0.29, 0.717) is 26.1 Å². The number of unbranched alkanes of at least 4 members (excludes halogenated alkanes) is 6. The maximum atomic E-state index is 11.5. The summed E-state index contributed by atoms with van der Waals surface area (Å²) in [4.78, 5) is 0. The molecule has 0 saturated heterocycles. The summed E-state index contributed by atoms with van der Waals surface area (Å²) in [6, 6.07) is 10.3. The Morgan fingerprint density at radius 1 is 0.750 bits per heavy atom. The molecule has 6 nitrogen and oxygen atoms in total. The summed E-state index contributed by atoms with van der Waals surface area (Å²) >= 11 is 0. The Morgan fingerprint density at radius 2 is 1.31 bits per heavy atom. The van der Waals surface area contributed by atoms with Gasteiger partial charge >= 0.3 is 0 Å². The summed E-state index contributed by atoms with van der Waals surface area (Å²) in [5.74, 6) is 0. The third-order valence-electron chi connectivity index (χ3n) is 10.4. The van der Waals surface area contributed by atoms with E-state index in [4.69, 9.17) is 23.1 Å². The Bertz CT molecular complexity index is 970. The molecule has 8 heteroatoms. The number of ether oxygens (including phenoxy) is 3. The number of aliphatic hydroxyl groups excluding tert-OH is 1. The summed E-state index contributed by atoms with van der Waals surface area (Å²) in [7, 11) is -2.66. The Labute approximate surface area is 299 Å². The maximum Gasteiger partial charge on any atom is 0.192 e. The molecule has 1 N–H and O–H groups in total. The molecule has 280 valence electrons. The van der Waals surface area contributed by atoms with Crippen LogP contribution >= 0.6 is 0 Å². The molecule has 1 aromatic carbocycles. The predicted octanol–water partition coefficient (Wildman–Crippen LogP) is 11.2. The van der Waals surface area contributed by atoms with E-state index in [1.807, 2.05) is 12.1 Å². The monoisotopic (exact) mass is 709 g/mol. The van der Waals surface area contributed by atoms with Crippen LogP contribution in [0.5, 0.6) is 0 Å². The maximum absolute atomic E-state index is 11.5. The fourth-order valence-corrected chi connectivity index (χ4v) is 7.88. The minimum absolute atomic E-state index is 0.0492. The first kappa shape index (κ1) is 45.2. The van der Waals surface area contributed by atoms with E-state index in [1.54, 1.807) is 7.11 Å². The lowest BCUT2D eigenvalue weighted by molar-refractivity contribution is -0.0972. The fraction of sp³-hybridized carbons (Fsp3) is 0.800. The predicted molar refractivity (Wildman–Crippen MR) is 209 cm³/mol. The van der Waals surface area contributed by atoms with Crippen LogP contribution in [0.4, 0.5) is 0 Å². The molecule has 0 heterocycles. The fourth-order valence-electron chi connectivity index (χ4n) is 5.12. The smallest absolute Gasteiger partial charge is 0.192 e. The second kappa shape index (κ2) is 22.9. The SMILES string of the molecule is CCCCCCCC/C=C/[C@H](OCOC)[C@@H](O)CC[C@@H](O[Si](C)(C)C(C)(C)C)[C@@H](CCCOCc1ccccc1)O[Si](C)(C)C(C)(C)C. The number of rotatable bonds is 26. The lowest BCUT2D eigenvalue weighted by Gasteiger charge is -2.45. The highest BCUT2D eigenvalue weighted by atomic mass is 28.4. The lowest BCUT2D eigenvalue weighted by Crippen LogP contribution is -2.52. The molecule has 1 aromatic rings. The summed E-state index contributed by atoms with van der Waals surface area (Å²) < 4.78 is 31.7. The first-order chi connectivity index (χ1) is 22.4. The molecule has 0 bridgehead atoms. The number of allylic oxidation sites excluding steroid dienone is 1. The van der Waals surface area contributed by atoms with Crippen LogP contribution in [0, 0.1) is 0 Å². The summed E-state index contributed by atoms with van der Waals surface area (Å²) in [6.07, 6.45) is 14.5. The molecular weight excluding hydrogens is 633 g/mol. The third-order valence-corrected chi connectivity index (χ3v) is 19.4. The first-order valence-corrected chi connectivity index (χ1v) is 24.7. The molecular formula is C40H76O6Si2. The minimum Gasteiger partial charge on any atom is -0.411 e. The third kappa shape index (κ3) is 17.9. The second-order valence-electron chi connectivity index (χ2n) is 16.7. The number of hydrogen-bond donors (Lipinski definition) is 1. The van der Waals surface area contributed by atoms with Crippen molar-refractivity contribution >= 4 is 16.6 Å². The average molecular weight is 709 g/mol. The Balaban J connectivity index is 3.14. The zero-order valence-electron chi connectivity index (χ0n) is 33.2. The molecule has 0 aliphatic carbocycles. The number of methoxy groups -OCH3 is 1. The van der Waals surface area contributed by atoms with Crippen LogP contribution in [0.25, 0.3) is 0 Å². The summed E-state index contributed by atoms with van der Waals surface area (Å²) in [5, 5.41) is 11.6. The summed E-state index contributed by atoms with van der Waals surface area (Å²) in [5.41, 5.74) is 1.19. The van der Waals surface area contributed by atoms with E-state index in [-0.39, 0.29) is 29.1 Å². The van der Waals surface area contributed by atoms with Crippen molar-refractivity contribution < 1.29 is 28.2 Å². The molecule has 0 fully saturated rings. The van der Waals surface area contributed by atoms with E-state index in [0.717, 1.165) is 25.7 Å². The van der Waals surface area contributed by atoms with Gasteiger partial charge in [0, 0.05) is 13.7 Å². The van der Waals surface area contributed by atoms with Gasteiger partial charge < -0.3 is 28.2 Å². The van der Waals surface area contributed by atoms with Crippen molar-refractivity contribution in [1.82, 2.24) is 0 Å². The Hall–Kier alpha value is -0.846. The van der Waals surface area contributed by atoms with Crippen molar-refractivity contribution in [3.63, 3.8) is 0 Å². The van der Waals surface area contributed by atoms with Crippen LogP contribution in [-0.2, 0) is 29.7 Å². The molecule has 0 aromatic heterocycles. The molecule has 48 heavy (non-hydrogen) atoms. The van der Waals surface area contributed by atoms with Gasteiger partial charge in [-0.1, -0.05) is 123 Å². The van der Waals surface area contributed by atoms with Crippen LogP contribution in [-0.4, -0.2) is 66.7 Å². The van der Waals surface area contributed by atoms with Gasteiger partial charge in [-0.15, -0.1) is 0 Å². The van der Waals surface area contributed by atoms with E-state index < -0.39 is 28.8 Å². The van der Waals surface area contributed by atoms with Crippen molar-refractivity contribution in [2.24, 2.45) is 0 Å². The van der Waals surface area contributed by atoms with Gasteiger partial charge in [0.25, 0.3) is 0 Å². The first-order valence-electron chi connectivity index (χ1n) is 18.9.